The Morgan fingerprint density at radius 1 is 1.22 bits per heavy atom. The van der Waals surface area contributed by atoms with Crippen LogP contribution in [-0.4, -0.2) is 40.5 Å². The van der Waals surface area contributed by atoms with E-state index in [1.54, 1.807) is 0 Å². The molecule has 0 radical (unpaired) electrons. The van der Waals surface area contributed by atoms with Gasteiger partial charge < -0.3 is 0 Å². The molecule has 0 bridgehead atoms. The summed E-state index contributed by atoms with van der Waals surface area (Å²) in [6.45, 7) is 0. The van der Waals surface area contributed by atoms with E-state index in [1.165, 1.54) is 14.1 Å². The number of nitrogens with zero attached hydrogens (tertiary/aromatic N) is 2. The summed E-state index contributed by atoms with van der Waals surface area (Å²) in [6.07, 6.45) is 4.32. The highest BCUT2D eigenvalue weighted by molar-refractivity contribution is 8.10. The fraction of sp³-hybridized carbons (Fsp3) is 1.00. The van der Waals surface area contributed by atoms with Crippen LogP contribution >= 0.6 is 35.1 Å². The molecule has 1 saturated carbocycles. The van der Waals surface area contributed by atoms with Gasteiger partial charge in [0.25, 0.3) is 10.2 Å². The molecular weight excluding hydrogens is 322 g/mol. The quantitative estimate of drug-likeness (QED) is 0.571. The molecule has 0 amide bonds. The minimum Gasteiger partial charge on any atom is -0.194 e. The average Bonchev–Trinajstić information content (AvgIpc) is 2.25. The smallest absolute Gasteiger partial charge is 0.194 e. The van der Waals surface area contributed by atoms with Crippen molar-refractivity contribution in [3.05, 3.63) is 0 Å². The van der Waals surface area contributed by atoms with Gasteiger partial charge in [0.1, 0.15) is 0 Å². The third kappa shape index (κ3) is 4.68. The fourth-order valence-electron chi connectivity index (χ4n) is 1.86. The molecule has 0 aromatic heterocycles. The van der Waals surface area contributed by atoms with Gasteiger partial charge >= 0.3 is 3.92 Å². The van der Waals surface area contributed by atoms with Crippen molar-refractivity contribution in [2.75, 3.05) is 14.1 Å². The lowest BCUT2D eigenvalue weighted by Crippen LogP contribution is -2.44. The van der Waals surface area contributed by atoms with Gasteiger partial charge in [-0.2, -0.15) is 17.1 Å². The van der Waals surface area contributed by atoms with E-state index in [-0.39, 0.29) is 6.04 Å². The van der Waals surface area contributed by atoms with E-state index >= 15 is 0 Å². The first kappa shape index (κ1) is 16.8. The Balaban J connectivity index is 2.94. The highest BCUT2D eigenvalue weighted by Gasteiger charge is 2.40. The summed E-state index contributed by atoms with van der Waals surface area (Å²) in [6, 6.07) is -0.260. The molecule has 108 valence electrons. The van der Waals surface area contributed by atoms with Crippen molar-refractivity contribution in [2.24, 2.45) is 0 Å². The van der Waals surface area contributed by atoms with Gasteiger partial charge in [-0.3, -0.25) is 0 Å². The highest BCUT2D eigenvalue weighted by atomic mass is 35.5. The zero-order valence-electron chi connectivity index (χ0n) is 10.3. The summed E-state index contributed by atoms with van der Waals surface area (Å²) in [4.78, 5) is 0. The minimum absolute atomic E-state index is 0.260. The summed E-state index contributed by atoms with van der Waals surface area (Å²) in [5.41, 5.74) is 0. The molecule has 9 heteroatoms. The van der Waals surface area contributed by atoms with Gasteiger partial charge in [-0.1, -0.05) is 42.5 Å². The molecule has 0 aliphatic heterocycles. The number of halogens is 3. The molecular formula is C9H17Cl2FN2O2S2. The molecule has 18 heavy (non-hydrogen) atoms. The normalized spacial score (nSPS) is 19.7. The number of rotatable bonds is 5. The van der Waals surface area contributed by atoms with E-state index in [9.17, 15) is 12.8 Å². The van der Waals surface area contributed by atoms with Gasteiger partial charge in [-0.05, 0) is 12.8 Å². The summed E-state index contributed by atoms with van der Waals surface area (Å²) in [5, 5.41) is 0. The number of hydrogen-bond acceptors (Lipinski definition) is 3. The summed E-state index contributed by atoms with van der Waals surface area (Å²) < 4.78 is 37.1. The van der Waals surface area contributed by atoms with Crippen LogP contribution < -0.4 is 0 Å². The molecule has 0 spiro atoms. The van der Waals surface area contributed by atoms with Crippen LogP contribution in [0.1, 0.15) is 32.1 Å². The first-order valence-corrected chi connectivity index (χ1v) is 8.55. The molecule has 1 aliphatic rings. The number of alkyl halides is 3. The molecule has 0 atom stereocenters. The second kappa shape index (κ2) is 6.45. The van der Waals surface area contributed by atoms with Crippen molar-refractivity contribution in [2.45, 2.75) is 42.1 Å². The van der Waals surface area contributed by atoms with Crippen LogP contribution in [0.25, 0.3) is 0 Å². The van der Waals surface area contributed by atoms with E-state index in [0.717, 1.165) is 27.3 Å². The maximum atomic E-state index is 13.4. The lowest BCUT2D eigenvalue weighted by molar-refractivity contribution is 0.328. The molecule has 0 aromatic rings. The lowest BCUT2D eigenvalue weighted by Gasteiger charge is -2.34. The van der Waals surface area contributed by atoms with E-state index in [4.69, 9.17) is 23.2 Å². The Hall–Kier alpha value is 0.730. The highest BCUT2D eigenvalue weighted by Crippen LogP contribution is 2.43. The van der Waals surface area contributed by atoms with Crippen LogP contribution in [0.3, 0.4) is 0 Å². The third-order valence-corrected chi connectivity index (χ3v) is 6.32. The molecule has 0 aromatic carbocycles. The van der Waals surface area contributed by atoms with Crippen molar-refractivity contribution < 1.29 is 12.8 Å². The summed E-state index contributed by atoms with van der Waals surface area (Å²) >= 11 is 10.9. The second-order valence-corrected chi connectivity index (χ2v) is 9.45. The first-order valence-electron chi connectivity index (χ1n) is 5.62. The Morgan fingerprint density at radius 2 is 1.72 bits per heavy atom. The third-order valence-electron chi connectivity index (χ3n) is 2.76. The minimum atomic E-state index is -3.75. The molecule has 4 nitrogen and oxygen atoms in total. The van der Waals surface area contributed by atoms with E-state index in [0.29, 0.717) is 24.8 Å². The van der Waals surface area contributed by atoms with Crippen molar-refractivity contribution in [1.82, 2.24) is 8.02 Å². The molecule has 0 heterocycles. The van der Waals surface area contributed by atoms with Gasteiger partial charge in [0.05, 0.1) is 0 Å². The largest absolute Gasteiger partial charge is 0.319 e. The monoisotopic (exact) mass is 338 g/mol. The van der Waals surface area contributed by atoms with Gasteiger partial charge in [-0.25, -0.2) is 0 Å². The van der Waals surface area contributed by atoms with Gasteiger partial charge in [-0.15, -0.1) is 3.71 Å². The number of hydrogen-bond donors (Lipinski definition) is 0. The predicted octanol–water partition coefficient (Wildman–Crippen LogP) is 3.13. The maximum Gasteiger partial charge on any atom is 0.319 e. The first-order chi connectivity index (χ1) is 8.14. The van der Waals surface area contributed by atoms with Crippen LogP contribution in [0.15, 0.2) is 0 Å². The molecule has 0 saturated heterocycles. The van der Waals surface area contributed by atoms with Crippen LogP contribution in [-0.2, 0) is 10.2 Å². The molecule has 0 N–H and O–H groups in total. The topological polar surface area (TPSA) is 40.6 Å². The standard InChI is InChI=1S/C9H17Cl2FN2O2S2/c1-13(2)18(15,16)14(17-9(10,11)12)8-6-4-3-5-7-8/h8H,3-7H2,1-2H3. The molecule has 1 aliphatic carbocycles. The van der Waals surface area contributed by atoms with Gasteiger partial charge in [0, 0.05) is 32.1 Å². The van der Waals surface area contributed by atoms with Crippen molar-refractivity contribution in [3.8, 4) is 0 Å². The van der Waals surface area contributed by atoms with Crippen molar-refractivity contribution in [3.63, 3.8) is 0 Å². The SMILES string of the molecule is CN(C)S(=O)(=O)N(SC(F)(Cl)Cl)C1CCCCC1. The summed E-state index contributed by atoms with van der Waals surface area (Å²) in [7, 11) is -0.957. The Morgan fingerprint density at radius 3 is 2.11 bits per heavy atom. The Labute approximate surface area is 122 Å². The predicted molar refractivity (Wildman–Crippen MR) is 74.5 cm³/mol. The molecule has 1 fully saturated rings. The Bertz CT molecular complexity index is 367. The lowest BCUT2D eigenvalue weighted by atomic mass is 9.96. The van der Waals surface area contributed by atoms with Crippen LogP contribution in [0.4, 0.5) is 4.39 Å². The van der Waals surface area contributed by atoms with Crippen LogP contribution in [0, 0.1) is 0 Å². The summed E-state index contributed by atoms with van der Waals surface area (Å²) in [5.74, 6) is 0. The molecule has 0 unspecified atom stereocenters. The second-order valence-electron chi connectivity index (χ2n) is 4.37. The fourth-order valence-corrected chi connectivity index (χ4v) is 5.11. The van der Waals surface area contributed by atoms with Crippen LogP contribution in [0.5, 0.6) is 0 Å². The Kier molecular flexibility index (Phi) is 6.02. The van der Waals surface area contributed by atoms with Gasteiger partial charge in [0.15, 0.2) is 0 Å². The van der Waals surface area contributed by atoms with E-state index < -0.39 is 14.1 Å². The average molecular weight is 339 g/mol. The van der Waals surface area contributed by atoms with E-state index in [2.05, 4.69) is 0 Å². The van der Waals surface area contributed by atoms with Gasteiger partial charge in [0.2, 0.25) is 0 Å². The zero-order chi connectivity index (χ0) is 14.0. The van der Waals surface area contributed by atoms with Crippen molar-refractivity contribution in [1.29, 1.82) is 0 Å². The van der Waals surface area contributed by atoms with Crippen LogP contribution in [0.2, 0.25) is 0 Å². The maximum absolute atomic E-state index is 13.4. The molecule has 1 rings (SSSR count). The zero-order valence-corrected chi connectivity index (χ0v) is 13.4. The van der Waals surface area contributed by atoms with E-state index in [1.807, 2.05) is 0 Å². The van der Waals surface area contributed by atoms with Crippen molar-refractivity contribution >= 4 is 45.4 Å².